The fraction of sp³-hybridized carbons (Fsp3) is 0.188. The molecule has 2 rings (SSSR count). The Morgan fingerprint density at radius 1 is 1.29 bits per heavy atom. The first-order chi connectivity index (χ1) is 10.0. The molecule has 1 amide bonds. The fourth-order valence-electron chi connectivity index (χ4n) is 1.90. The Hall–Kier alpha value is -2.56. The highest BCUT2D eigenvalue weighted by atomic mass is 19.1. The molecule has 0 heterocycles. The highest BCUT2D eigenvalue weighted by Gasteiger charge is 2.05. The Morgan fingerprint density at radius 2 is 2.10 bits per heavy atom. The van der Waals surface area contributed by atoms with Crippen LogP contribution in [0.1, 0.15) is 12.0 Å². The van der Waals surface area contributed by atoms with Gasteiger partial charge in [0, 0.05) is 17.4 Å². The number of carbonyl (C=O) groups excluding carboxylic acids is 1. The summed E-state index contributed by atoms with van der Waals surface area (Å²) in [6, 6.07) is 11.4. The maximum absolute atomic E-state index is 13.2. The second-order valence-electron chi connectivity index (χ2n) is 4.74. The zero-order valence-electron chi connectivity index (χ0n) is 11.7. The van der Waals surface area contributed by atoms with Crippen molar-refractivity contribution in [3.05, 3.63) is 53.8 Å². The zero-order valence-corrected chi connectivity index (χ0v) is 11.7. The molecular formula is C16H17FN2O2. The molecule has 0 saturated carbocycles. The summed E-state index contributed by atoms with van der Waals surface area (Å²) in [4.78, 5) is 11.8. The molecule has 3 N–H and O–H groups in total. The molecule has 0 radical (unpaired) electrons. The monoisotopic (exact) mass is 288 g/mol. The van der Waals surface area contributed by atoms with Crippen LogP contribution in [0.15, 0.2) is 42.5 Å². The van der Waals surface area contributed by atoms with Gasteiger partial charge < -0.3 is 15.8 Å². The first-order valence-corrected chi connectivity index (χ1v) is 6.58. The molecule has 0 unspecified atom stereocenters. The molecule has 21 heavy (non-hydrogen) atoms. The van der Waals surface area contributed by atoms with E-state index in [1.54, 1.807) is 37.3 Å². The summed E-state index contributed by atoms with van der Waals surface area (Å²) in [5, 5.41) is 2.64. The second-order valence-corrected chi connectivity index (χ2v) is 4.74. The average molecular weight is 288 g/mol. The third kappa shape index (κ3) is 4.80. The van der Waals surface area contributed by atoms with Crippen LogP contribution in [0.25, 0.3) is 0 Å². The highest BCUT2D eigenvalue weighted by Crippen LogP contribution is 2.15. The van der Waals surface area contributed by atoms with Crippen molar-refractivity contribution in [3.8, 4) is 5.75 Å². The van der Waals surface area contributed by atoms with E-state index in [0.29, 0.717) is 17.1 Å². The molecule has 4 nitrogen and oxygen atoms in total. The number of hydrogen-bond donors (Lipinski definition) is 2. The molecule has 0 atom stereocenters. The Bertz CT molecular complexity index is 624. The van der Waals surface area contributed by atoms with Crippen LogP contribution < -0.4 is 15.8 Å². The van der Waals surface area contributed by atoms with Crippen molar-refractivity contribution >= 4 is 17.3 Å². The molecule has 2 aromatic carbocycles. The molecular weight excluding hydrogens is 271 g/mol. The first kappa shape index (κ1) is 14.8. The van der Waals surface area contributed by atoms with Crippen LogP contribution in [0.3, 0.4) is 0 Å². The van der Waals surface area contributed by atoms with Gasteiger partial charge in [-0.25, -0.2) is 4.39 Å². The quantitative estimate of drug-likeness (QED) is 0.831. The average Bonchev–Trinajstić information content (AvgIpc) is 2.37. The summed E-state index contributed by atoms with van der Waals surface area (Å²) in [5.41, 5.74) is 7.43. The van der Waals surface area contributed by atoms with Gasteiger partial charge in [0.1, 0.15) is 11.6 Å². The molecule has 0 aliphatic carbocycles. The van der Waals surface area contributed by atoms with Crippen molar-refractivity contribution in [2.75, 3.05) is 17.7 Å². The summed E-state index contributed by atoms with van der Waals surface area (Å²) in [6.07, 6.45) is 0.171. The van der Waals surface area contributed by atoms with Crippen LogP contribution >= 0.6 is 0 Å². The Labute approximate surface area is 122 Å². The van der Waals surface area contributed by atoms with Crippen LogP contribution in [0.5, 0.6) is 5.75 Å². The standard InChI is InChI=1S/C16H17FN2O2/c1-11-7-12(17)9-14(8-11)19-16(20)5-6-21-15-4-2-3-13(18)10-15/h2-4,7-10H,5-6,18H2,1H3,(H,19,20). The van der Waals surface area contributed by atoms with E-state index in [-0.39, 0.29) is 24.8 Å². The number of carbonyl (C=O) groups is 1. The van der Waals surface area contributed by atoms with Gasteiger partial charge in [-0.3, -0.25) is 4.79 Å². The number of amides is 1. The number of nitrogens with one attached hydrogen (secondary N) is 1. The van der Waals surface area contributed by atoms with Crippen LogP contribution in [-0.4, -0.2) is 12.5 Å². The lowest BCUT2D eigenvalue weighted by atomic mass is 10.2. The molecule has 0 saturated heterocycles. The zero-order chi connectivity index (χ0) is 15.2. The van der Waals surface area contributed by atoms with Gasteiger partial charge >= 0.3 is 0 Å². The van der Waals surface area contributed by atoms with Crippen molar-refractivity contribution in [1.82, 2.24) is 0 Å². The highest BCUT2D eigenvalue weighted by molar-refractivity contribution is 5.90. The summed E-state index contributed by atoms with van der Waals surface area (Å²) < 4.78 is 18.6. The Kier molecular flexibility index (Phi) is 4.77. The number of halogens is 1. The van der Waals surface area contributed by atoms with E-state index in [1.165, 1.54) is 12.1 Å². The van der Waals surface area contributed by atoms with Crippen LogP contribution in [0.2, 0.25) is 0 Å². The number of nitrogens with two attached hydrogens (primary N) is 1. The van der Waals surface area contributed by atoms with Gasteiger partial charge in [-0.2, -0.15) is 0 Å². The van der Waals surface area contributed by atoms with Crippen molar-refractivity contribution in [2.45, 2.75) is 13.3 Å². The third-order valence-electron chi connectivity index (χ3n) is 2.78. The molecule has 0 aliphatic rings. The van der Waals surface area contributed by atoms with Gasteiger partial charge in [0.15, 0.2) is 0 Å². The fourth-order valence-corrected chi connectivity index (χ4v) is 1.90. The van der Waals surface area contributed by atoms with Gasteiger partial charge in [0.2, 0.25) is 5.91 Å². The number of rotatable bonds is 5. The number of anilines is 2. The SMILES string of the molecule is Cc1cc(F)cc(NC(=O)CCOc2cccc(N)c2)c1. The van der Waals surface area contributed by atoms with E-state index < -0.39 is 0 Å². The van der Waals surface area contributed by atoms with Crippen molar-refractivity contribution < 1.29 is 13.9 Å². The minimum absolute atomic E-state index is 0.171. The Balaban J connectivity index is 1.82. The minimum atomic E-state index is -0.374. The molecule has 0 spiro atoms. The molecule has 0 fully saturated rings. The lowest BCUT2D eigenvalue weighted by Crippen LogP contribution is -2.15. The Morgan fingerprint density at radius 3 is 2.81 bits per heavy atom. The number of hydrogen-bond acceptors (Lipinski definition) is 3. The van der Waals surface area contributed by atoms with Crippen molar-refractivity contribution in [2.24, 2.45) is 0 Å². The number of aryl methyl sites for hydroxylation is 1. The van der Waals surface area contributed by atoms with Gasteiger partial charge in [-0.05, 0) is 42.8 Å². The van der Waals surface area contributed by atoms with E-state index in [2.05, 4.69) is 5.32 Å². The molecule has 110 valence electrons. The first-order valence-electron chi connectivity index (χ1n) is 6.58. The molecule has 0 bridgehead atoms. The smallest absolute Gasteiger partial charge is 0.227 e. The lowest BCUT2D eigenvalue weighted by molar-refractivity contribution is -0.116. The van der Waals surface area contributed by atoms with E-state index in [1.807, 2.05) is 0 Å². The summed E-state index contributed by atoms with van der Waals surface area (Å²) in [5.74, 6) is 0.00890. The molecule has 0 aliphatic heterocycles. The number of benzene rings is 2. The van der Waals surface area contributed by atoms with Crippen molar-refractivity contribution in [1.29, 1.82) is 0 Å². The predicted molar refractivity (Wildman–Crippen MR) is 80.7 cm³/mol. The van der Waals surface area contributed by atoms with Gasteiger partial charge in [-0.1, -0.05) is 6.07 Å². The van der Waals surface area contributed by atoms with E-state index in [4.69, 9.17) is 10.5 Å². The molecule has 0 aromatic heterocycles. The number of nitrogen functional groups attached to an aromatic ring is 1. The summed E-state index contributed by atoms with van der Waals surface area (Å²) in [7, 11) is 0. The van der Waals surface area contributed by atoms with Crippen LogP contribution in [0.4, 0.5) is 15.8 Å². The third-order valence-corrected chi connectivity index (χ3v) is 2.78. The van der Waals surface area contributed by atoms with Gasteiger partial charge in [-0.15, -0.1) is 0 Å². The summed E-state index contributed by atoms with van der Waals surface area (Å²) in [6.45, 7) is 1.99. The molecule has 2 aromatic rings. The topological polar surface area (TPSA) is 64.3 Å². The van der Waals surface area contributed by atoms with Gasteiger partial charge in [0.25, 0.3) is 0 Å². The normalized spacial score (nSPS) is 10.2. The van der Waals surface area contributed by atoms with Crippen LogP contribution in [-0.2, 0) is 4.79 Å². The minimum Gasteiger partial charge on any atom is -0.493 e. The van der Waals surface area contributed by atoms with E-state index >= 15 is 0 Å². The second kappa shape index (κ2) is 6.74. The lowest BCUT2D eigenvalue weighted by Gasteiger charge is -2.08. The maximum atomic E-state index is 13.2. The number of ether oxygens (including phenoxy) is 1. The summed E-state index contributed by atoms with van der Waals surface area (Å²) >= 11 is 0. The van der Waals surface area contributed by atoms with E-state index in [9.17, 15) is 9.18 Å². The van der Waals surface area contributed by atoms with Crippen LogP contribution in [0, 0.1) is 12.7 Å². The van der Waals surface area contributed by atoms with E-state index in [0.717, 1.165) is 5.56 Å². The molecule has 5 heteroatoms. The largest absolute Gasteiger partial charge is 0.493 e. The maximum Gasteiger partial charge on any atom is 0.227 e. The van der Waals surface area contributed by atoms with Gasteiger partial charge in [0.05, 0.1) is 13.0 Å². The predicted octanol–water partition coefficient (Wildman–Crippen LogP) is 3.12. The van der Waals surface area contributed by atoms with Crippen molar-refractivity contribution in [3.63, 3.8) is 0 Å².